The molecule has 10 N–H and O–H groups in total. The van der Waals surface area contributed by atoms with Gasteiger partial charge in [0, 0.05) is 23.9 Å². The minimum absolute atomic E-state index is 0.0309. The first-order chi connectivity index (χ1) is 23.8. The van der Waals surface area contributed by atoms with E-state index in [1.165, 1.54) is 42.5 Å². The number of carboxylic acids is 1. The number of aliphatic carboxylic acids is 1. The second-order valence-electron chi connectivity index (χ2n) is 11.4. The Hall–Kier alpha value is -6.60. The van der Waals surface area contributed by atoms with Crippen molar-refractivity contribution in [2.24, 2.45) is 0 Å². The Bertz CT molecular complexity index is 2120. The van der Waals surface area contributed by atoms with Crippen molar-refractivity contribution >= 4 is 28.8 Å². The smallest absolute Gasteiger partial charge is 0.345 e. The van der Waals surface area contributed by atoms with Crippen molar-refractivity contribution in [3.05, 3.63) is 90.0 Å². The van der Waals surface area contributed by atoms with E-state index in [-0.39, 0.29) is 28.8 Å². The highest BCUT2D eigenvalue weighted by Gasteiger charge is 2.33. The molecule has 0 aliphatic rings. The van der Waals surface area contributed by atoms with Crippen LogP contribution in [0, 0.1) is 0 Å². The molecule has 0 bridgehead atoms. The second-order valence-corrected chi connectivity index (χ2v) is 11.4. The van der Waals surface area contributed by atoms with Crippen molar-refractivity contribution in [1.29, 1.82) is 0 Å². The lowest BCUT2D eigenvalue weighted by Crippen LogP contribution is -2.38. The van der Waals surface area contributed by atoms with Crippen LogP contribution in [0.4, 0.5) is 0 Å². The number of hydrogen-bond acceptors (Lipinski definition) is 12. The Morgan fingerprint density at radius 3 is 1.94 bits per heavy atom. The first kappa shape index (κ1) is 34.7. The van der Waals surface area contributed by atoms with Crippen LogP contribution < -0.4 is 5.32 Å². The van der Waals surface area contributed by atoms with E-state index in [0.717, 1.165) is 18.2 Å². The average Bonchev–Trinajstić information content (AvgIpc) is 3.08. The largest absolute Gasteiger partial charge is 0.508 e. The lowest BCUT2D eigenvalue weighted by atomic mass is 9.91. The molecule has 13 heteroatoms. The number of benzene rings is 5. The molecule has 0 aromatic heterocycles. The summed E-state index contributed by atoms with van der Waals surface area (Å²) in [5.41, 5.74) is 2.14. The Kier molecular flexibility index (Phi) is 9.90. The van der Waals surface area contributed by atoms with Crippen molar-refractivity contribution in [1.82, 2.24) is 5.32 Å². The topological polar surface area (TPSA) is 237 Å². The van der Waals surface area contributed by atoms with E-state index >= 15 is 0 Å². The second kappa shape index (κ2) is 14.3. The van der Waals surface area contributed by atoms with Crippen LogP contribution in [-0.2, 0) is 14.3 Å². The zero-order valence-electron chi connectivity index (χ0n) is 26.4. The molecule has 0 saturated carbocycles. The predicted octanol–water partition coefficient (Wildman–Crippen LogP) is 5.22. The van der Waals surface area contributed by atoms with Crippen LogP contribution in [-0.4, -0.2) is 77.1 Å². The molecule has 0 aliphatic heterocycles. The number of phenols is 8. The number of nitrogens with one attached hydrogen (secondary N) is 1. The van der Waals surface area contributed by atoms with Gasteiger partial charge in [-0.15, -0.1) is 0 Å². The van der Waals surface area contributed by atoms with Crippen molar-refractivity contribution in [3.63, 3.8) is 0 Å². The molecule has 0 spiro atoms. The van der Waals surface area contributed by atoms with Crippen LogP contribution in [0.5, 0.6) is 46.0 Å². The van der Waals surface area contributed by atoms with Gasteiger partial charge in [0.15, 0.2) is 40.2 Å². The lowest BCUT2D eigenvalue weighted by Gasteiger charge is -2.24. The van der Waals surface area contributed by atoms with Gasteiger partial charge in [0.2, 0.25) is 6.10 Å². The zero-order chi connectivity index (χ0) is 36.3. The zero-order valence-corrected chi connectivity index (χ0v) is 26.4. The molecular weight excluding hydrogens is 650 g/mol. The number of hydrogen-bond donors (Lipinski definition) is 10. The van der Waals surface area contributed by atoms with Gasteiger partial charge in [0.05, 0.1) is 0 Å². The molecule has 5 rings (SSSR count). The van der Waals surface area contributed by atoms with E-state index in [1.807, 2.05) is 0 Å². The summed E-state index contributed by atoms with van der Waals surface area (Å²) in [5.74, 6) is -7.76. The fourth-order valence-corrected chi connectivity index (χ4v) is 5.62. The van der Waals surface area contributed by atoms with Gasteiger partial charge < -0.3 is 56.0 Å². The number of carboxylic acid groups (broad SMARTS) is 1. The maximum absolute atomic E-state index is 13.1. The summed E-state index contributed by atoms with van der Waals surface area (Å²) in [7, 11) is 0. The molecule has 5 aromatic rings. The molecule has 50 heavy (non-hydrogen) atoms. The quantitative estimate of drug-likeness (QED) is 0.0489. The minimum atomic E-state index is -1.82. The van der Waals surface area contributed by atoms with Crippen LogP contribution in [0.1, 0.15) is 24.0 Å². The molecular formula is C37H33NO12. The standard InChI is InChI=1S/C37H33NO12/c1-2-38-17-27(21-13-31(43)35(47)32(44)14-21)36(37(48)49)50-33(45)9-7-20-12-30(42)34(46)23-8-6-19(11-24(20)23)26-16-29(41)28(40)15-25(26)18-4-3-5-22(39)10-18/h3-16,27,36,38-44,46-47H,2,17H2,1H3,(H,48,49)/b9-7+/t27-,36+/m0/s1. The van der Waals surface area contributed by atoms with Gasteiger partial charge >= 0.3 is 11.9 Å². The molecule has 0 unspecified atom stereocenters. The normalized spacial score (nSPS) is 12.6. The van der Waals surface area contributed by atoms with Gasteiger partial charge in [-0.05, 0) is 106 Å². The molecule has 0 fully saturated rings. The Balaban J connectivity index is 1.54. The van der Waals surface area contributed by atoms with Crippen molar-refractivity contribution < 1.29 is 60.3 Å². The van der Waals surface area contributed by atoms with Gasteiger partial charge in [-0.2, -0.15) is 0 Å². The molecule has 0 heterocycles. The Morgan fingerprint density at radius 1 is 0.720 bits per heavy atom. The molecule has 0 saturated heterocycles. The van der Waals surface area contributed by atoms with Crippen molar-refractivity contribution in [2.75, 3.05) is 13.1 Å². The van der Waals surface area contributed by atoms with Gasteiger partial charge in [0.1, 0.15) is 5.75 Å². The van der Waals surface area contributed by atoms with Crippen molar-refractivity contribution in [2.45, 2.75) is 18.9 Å². The molecule has 0 radical (unpaired) electrons. The van der Waals surface area contributed by atoms with E-state index in [1.54, 1.807) is 31.2 Å². The summed E-state index contributed by atoms with van der Waals surface area (Å²) in [4.78, 5) is 25.4. The van der Waals surface area contributed by atoms with Gasteiger partial charge in [-0.25, -0.2) is 9.59 Å². The summed E-state index contributed by atoms with van der Waals surface area (Å²) in [5, 5.41) is 95.2. The number of carbonyl (C=O) groups is 2. The third-order valence-electron chi connectivity index (χ3n) is 8.09. The maximum Gasteiger partial charge on any atom is 0.345 e. The summed E-state index contributed by atoms with van der Waals surface area (Å²) in [6.07, 6.45) is 0.354. The highest BCUT2D eigenvalue weighted by atomic mass is 16.6. The van der Waals surface area contributed by atoms with E-state index in [2.05, 4.69) is 5.32 Å². The third-order valence-corrected chi connectivity index (χ3v) is 8.09. The number of likely N-dealkylation sites (N-methyl/N-ethyl adjacent to an activating group) is 1. The number of esters is 1. The number of rotatable bonds is 11. The SMILES string of the molecule is CCNC[C@@H](c1cc(O)c(O)c(O)c1)[C@@H](OC(=O)/C=C/c1cc(O)c(O)c2ccc(-c3cc(O)c(O)cc3-c3cccc(O)c3)cc12)C(=O)O. The highest BCUT2D eigenvalue weighted by Crippen LogP contribution is 2.44. The summed E-state index contributed by atoms with van der Waals surface area (Å²) in [6.45, 7) is 2.11. The van der Waals surface area contributed by atoms with E-state index in [0.29, 0.717) is 34.2 Å². The van der Waals surface area contributed by atoms with E-state index in [9.17, 15) is 55.5 Å². The van der Waals surface area contributed by atoms with Crippen LogP contribution in [0.25, 0.3) is 39.1 Å². The van der Waals surface area contributed by atoms with Crippen LogP contribution in [0.2, 0.25) is 0 Å². The average molecular weight is 684 g/mol. The monoisotopic (exact) mass is 683 g/mol. The Labute approximate surface area is 284 Å². The number of ether oxygens (including phenoxy) is 1. The highest BCUT2D eigenvalue weighted by molar-refractivity contribution is 6.02. The fraction of sp³-hybridized carbons (Fsp3) is 0.135. The van der Waals surface area contributed by atoms with Gasteiger partial charge in [-0.3, -0.25) is 0 Å². The molecule has 0 amide bonds. The van der Waals surface area contributed by atoms with Crippen molar-refractivity contribution in [3.8, 4) is 68.2 Å². The van der Waals surface area contributed by atoms with E-state index in [4.69, 9.17) is 4.74 Å². The first-order valence-electron chi connectivity index (χ1n) is 15.2. The number of fused-ring (bicyclic) bond motifs is 1. The van der Waals surface area contributed by atoms with Crippen LogP contribution >= 0.6 is 0 Å². The summed E-state index contributed by atoms with van der Waals surface area (Å²) < 4.78 is 5.34. The van der Waals surface area contributed by atoms with Gasteiger partial charge in [-0.1, -0.05) is 25.1 Å². The van der Waals surface area contributed by atoms with Crippen LogP contribution in [0.15, 0.2) is 78.9 Å². The number of phenolic OH excluding ortho intramolecular Hbond substituents is 8. The Morgan fingerprint density at radius 2 is 1.34 bits per heavy atom. The first-order valence-corrected chi connectivity index (χ1v) is 15.2. The minimum Gasteiger partial charge on any atom is -0.508 e. The fourth-order valence-electron chi connectivity index (χ4n) is 5.62. The molecule has 2 atom stereocenters. The summed E-state index contributed by atoms with van der Waals surface area (Å²) in [6, 6.07) is 16.9. The van der Waals surface area contributed by atoms with E-state index < -0.39 is 64.2 Å². The predicted molar refractivity (Wildman–Crippen MR) is 182 cm³/mol. The molecule has 5 aromatic carbocycles. The summed E-state index contributed by atoms with van der Waals surface area (Å²) >= 11 is 0. The van der Waals surface area contributed by atoms with Gasteiger partial charge in [0.25, 0.3) is 0 Å². The van der Waals surface area contributed by atoms with Crippen LogP contribution in [0.3, 0.4) is 0 Å². The number of carbonyl (C=O) groups excluding carboxylic acids is 1. The molecule has 258 valence electrons. The third kappa shape index (κ3) is 7.12. The molecule has 0 aliphatic carbocycles. The molecule has 13 nitrogen and oxygen atoms in total. The number of aromatic hydroxyl groups is 8. The lowest BCUT2D eigenvalue weighted by molar-refractivity contribution is -0.162. The maximum atomic E-state index is 13.1.